The second-order valence-corrected chi connectivity index (χ2v) is 5.96. The van der Waals surface area contributed by atoms with Gasteiger partial charge in [0, 0.05) is 40.6 Å². The minimum absolute atomic E-state index is 0.276. The largest absolute Gasteiger partial charge is 0.306 e. The van der Waals surface area contributed by atoms with Crippen LogP contribution in [0, 0.1) is 0 Å². The zero-order chi connectivity index (χ0) is 11.4. The Morgan fingerprint density at radius 2 is 2.19 bits per heavy atom. The number of pyridine rings is 1. The molecule has 16 heavy (non-hydrogen) atoms. The third-order valence-corrected chi connectivity index (χ3v) is 4.39. The van der Waals surface area contributed by atoms with Crippen molar-refractivity contribution in [2.75, 3.05) is 11.5 Å². The molecule has 2 rings (SSSR count). The van der Waals surface area contributed by atoms with Gasteiger partial charge in [-0.05, 0) is 31.9 Å². The summed E-state index contributed by atoms with van der Waals surface area (Å²) in [4.78, 5) is 4.34. The summed E-state index contributed by atoms with van der Waals surface area (Å²) >= 11 is 0. The zero-order valence-corrected chi connectivity index (χ0v) is 10.4. The van der Waals surface area contributed by atoms with Gasteiger partial charge in [0.2, 0.25) is 0 Å². The Morgan fingerprint density at radius 1 is 1.44 bits per heavy atom. The summed E-state index contributed by atoms with van der Waals surface area (Å²) in [6.07, 6.45) is 3.86. The lowest BCUT2D eigenvalue weighted by molar-refractivity contribution is 0.422. The van der Waals surface area contributed by atoms with Crippen LogP contribution in [0.3, 0.4) is 0 Å². The summed E-state index contributed by atoms with van der Waals surface area (Å²) in [5, 5.41) is 3.56. The number of aromatic nitrogens is 1. The van der Waals surface area contributed by atoms with Crippen LogP contribution in [0.25, 0.3) is 0 Å². The van der Waals surface area contributed by atoms with Crippen LogP contribution in [0.4, 0.5) is 0 Å². The molecular weight excluding hydrogens is 220 g/mol. The van der Waals surface area contributed by atoms with E-state index in [0.29, 0.717) is 6.04 Å². The minimum atomic E-state index is -0.576. The van der Waals surface area contributed by atoms with Gasteiger partial charge in [0.25, 0.3) is 0 Å². The van der Waals surface area contributed by atoms with Crippen molar-refractivity contribution < 1.29 is 4.21 Å². The molecule has 0 saturated carbocycles. The van der Waals surface area contributed by atoms with Gasteiger partial charge in [-0.3, -0.25) is 9.19 Å². The molecule has 1 aromatic heterocycles. The normalized spacial score (nSPS) is 27.6. The molecular formula is C12H18N2OS. The van der Waals surface area contributed by atoms with Crippen LogP contribution >= 0.6 is 0 Å². The number of nitrogens with one attached hydrogen (secondary N) is 1. The van der Waals surface area contributed by atoms with Crippen molar-refractivity contribution >= 4 is 10.8 Å². The lowest BCUT2D eigenvalue weighted by Crippen LogP contribution is -2.37. The summed E-state index contributed by atoms with van der Waals surface area (Å²) < 4.78 is 11.2. The van der Waals surface area contributed by atoms with E-state index in [1.165, 1.54) is 0 Å². The highest BCUT2D eigenvalue weighted by Gasteiger charge is 2.19. The quantitative estimate of drug-likeness (QED) is 0.870. The number of hydrogen-bond donors (Lipinski definition) is 1. The molecule has 1 saturated heterocycles. The summed E-state index contributed by atoms with van der Waals surface area (Å²) in [7, 11) is -0.576. The van der Waals surface area contributed by atoms with Gasteiger partial charge in [-0.1, -0.05) is 6.07 Å². The lowest BCUT2D eigenvalue weighted by atomic mass is 10.1. The average molecular weight is 238 g/mol. The van der Waals surface area contributed by atoms with Gasteiger partial charge in [0.1, 0.15) is 0 Å². The molecule has 0 aromatic carbocycles. The number of rotatable bonds is 3. The van der Waals surface area contributed by atoms with Crippen molar-refractivity contribution in [2.24, 2.45) is 0 Å². The van der Waals surface area contributed by atoms with E-state index in [1.807, 2.05) is 24.4 Å². The van der Waals surface area contributed by atoms with Crippen LogP contribution < -0.4 is 5.32 Å². The van der Waals surface area contributed by atoms with Gasteiger partial charge < -0.3 is 5.32 Å². The van der Waals surface area contributed by atoms with Crippen LogP contribution in [0.2, 0.25) is 0 Å². The van der Waals surface area contributed by atoms with E-state index >= 15 is 0 Å². The smallest absolute Gasteiger partial charge is 0.0570 e. The molecule has 4 heteroatoms. The van der Waals surface area contributed by atoms with Crippen LogP contribution in [0.15, 0.2) is 24.4 Å². The molecule has 0 spiro atoms. The Morgan fingerprint density at radius 3 is 2.81 bits per heavy atom. The second-order valence-electron chi connectivity index (χ2n) is 4.27. The molecule has 0 unspecified atom stereocenters. The van der Waals surface area contributed by atoms with Gasteiger partial charge in [0.05, 0.1) is 5.69 Å². The first-order valence-electron chi connectivity index (χ1n) is 5.77. The van der Waals surface area contributed by atoms with Gasteiger partial charge >= 0.3 is 0 Å². The summed E-state index contributed by atoms with van der Waals surface area (Å²) in [6.45, 7) is 2.13. The molecule has 1 N–H and O–H groups in total. The SMILES string of the molecule is C[C@@H](NC1CCS(=O)CC1)c1ccccn1. The van der Waals surface area contributed by atoms with E-state index < -0.39 is 10.8 Å². The van der Waals surface area contributed by atoms with Crippen LogP contribution in [-0.2, 0) is 10.8 Å². The highest BCUT2D eigenvalue weighted by atomic mass is 32.2. The van der Waals surface area contributed by atoms with E-state index in [-0.39, 0.29) is 6.04 Å². The third kappa shape index (κ3) is 3.12. The molecule has 0 aliphatic carbocycles. The predicted octanol–water partition coefficient (Wildman–Crippen LogP) is 1.64. The van der Waals surface area contributed by atoms with Crippen LogP contribution in [0.5, 0.6) is 0 Å². The van der Waals surface area contributed by atoms with E-state index in [4.69, 9.17) is 0 Å². The van der Waals surface area contributed by atoms with Gasteiger partial charge in [-0.15, -0.1) is 0 Å². The minimum Gasteiger partial charge on any atom is -0.306 e. The monoisotopic (exact) mass is 238 g/mol. The van der Waals surface area contributed by atoms with E-state index in [0.717, 1.165) is 30.0 Å². The Labute approximate surface area is 99.1 Å². The molecule has 88 valence electrons. The topological polar surface area (TPSA) is 42.0 Å². The van der Waals surface area contributed by atoms with Crippen molar-refractivity contribution in [1.29, 1.82) is 0 Å². The molecule has 1 atom stereocenters. The summed E-state index contributed by atoms with van der Waals surface area (Å²) in [5.74, 6) is 1.68. The average Bonchev–Trinajstić information content (AvgIpc) is 2.33. The standard InChI is InChI=1S/C12H18N2OS/c1-10(12-4-2-3-7-13-12)14-11-5-8-16(15)9-6-11/h2-4,7,10-11,14H,5-6,8-9H2,1H3/t10-,11?,16?/m1/s1. The van der Waals surface area contributed by atoms with Crippen LogP contribution in [0.1, 0.15) is 31.5 Å². The summed E-state index contributed by atoms with van der Waals surface area (Å²) in [5.41, 5.74) is 1.08. The molecule has 2 heterocycles. The molecule has 0 amide bonds. The molecule has 3 nitrogen and oxygen atoms in total. The Balaban J connectivity index is 1.88. The third-order valence-electron chi connectivity index (χ3n) is 3.01. The first-order chi connectivity index (χ1) is 7.75. The fraction of sp³-hybridized carbons (Fsp3) is 0.583. The van der Waals surface area contributed by atoms with Crippen molar-refractivity contribution in [3.8, 4) is 0 Å². The molecule has 1 aromatic rings. The van der Waals surface area contributed by atoms with Crippen molar-refractivity contribution in [3.63, 3.8) is 0 Å². The molecule has 1 aliphatic heterocycles. The van der Waals surface area contributed by atoms with Gasteiger partial charge in [0.15, 0.2) is 0 Å². The lowest BCUT2D eigenvalue weighted by Gasteiger charge is -2.26. The highest BCUT2D eigenvalue weighted by Crippen LogP contribution is 2.15. The second kappa shape index (κ2) is 5.55. The fourth-order valence-electron chi connectivity index (χ4n) is 2.03. The maximum absolute atomic E-state index is 11.2. The molecule has 0 bridgehead atoms. The van der Waals surface area contributed by atoms with E-state index in [1.54, 1.807) is 0 Å². The number of hydrogen-bond acceptors (Lipinski definition) is 3. The first kappa shape index (κ1) is 11.7. The van der Waals surface area contributed by atoms with Crippen molar-refractivity contribution in [2.45, 2.75) is 31.8 Å². The first-order valence-corrected chi connectivity index (χ1v) is 7.26. The number of nitrogens with zero attached hydrogens (tertiary/aromatic N) is 1. The van der Waals surface area contributed by atoms with E-state index in [9.17, 15) is 4.21 Å². The fourth-order valence-corrected chi connectivity index (χ4v) is 3.33. The summed E-state index contributed by atoms with van der Waals surface area (Å²) in [6, 6.07) is 6.75. The van der Waals surface area contributed by atoms with Crippen molar-refractivity contribution in [1.82, 2.24) is 10.3 Å². The molecule has 0 radical (unpaired) electrons. The maximum atomic E-state index is 11.2. The van der Waals surface area contributed by atoms with Gasteiger partial charge in [-0.25, -0.2) is 0 Å². The van der Waals surface area contributed by atoms with Crippen LogP contribution in [-0.4, -0.2) is 26.7 Å². The molecule has 1 aliphatic rings. The highest BCUT2D eigenvalue weighted by molar-refractivity contribution is 7.85. The Hall–Kier alpha value is -0.740. The zero-order valence-electron chi connectivity index (χ0n) is 9.56. The van der Waals surface area contributed by atoms with E-state index in [2.05, 4.69) is 17.2 Å². The Kier molecular flexibility index (Phi) is 4.07. The maximum Gasteiger partial charge on any atom is 0.0570 e. The van der Waals surface area contributed by atoms with Gasteiger partial charge in [-0.2, -0.15) is 0 Å². The molecule has 1 fully saturated rings. The predicted molar refractivity (Wildman–Crippen MR) is 66.7 cm³/mol. The van der Waals surface area contributed by atoms with Crippen molar-refractivity contribution in [3.05, 3.63) is 30.1 Å². The Bertz CT molecular complexity index is 345.